The van der Waals surface area contributed by atoms with Crippen LogP contribution in [0.2, 0.25) is 0 Å². The summed E-state index contributed by atoms with van der Waals surface area (Å²) >= 11 is 0. The molecule has 0 bridgehead atoms. The van der Waals surface area contributed by atoms with Crippen molar-refractivity contribution in [1.82, 2.24) is 4.90 Å². The second kappa shape index (κ2) is 8.02. The number of para-hydroxylation sites is 1. The predicted octanol–water partition coefficient (Wildman–Crippen LogP) is 1.84. The largest absolute Gasteiger partial charge is 0.493 e. The summed E-state index contributed by atoms with van der Waals surface area (Å²) in [5.74, 6) is -1.61. The Morgan fingerprint density at radius 2 is 1.68 bits per heavy atom. The zero-order valence-corrected chi connectivity index (χ0v) is 19.4. The van der Waals surface area contributed by atoms with E-state index in [0.29, 0.717) is 35.7 Å². The first-order valence-corrected chi connectivity index (χ1v) is 11.0. The first-order valence-electron chi connectivity index (χ1n) is 11.0. The first kappa shape index (κ1) is 22.2. The van der Waals surface area contributed by atoms with Crippen molar-refractivity contribution >= 4 is 23.5 Å². The summed E-state index contributed by atoms with van der Waals surface area (Å²) in [6.07, 6.45) is 0.590. The Balaban J connectivity index is 1.85. The number of hydrogen-bond donors (Lipinski definition) is 1. The molecule has 1 amide bonds. The summed E-state index contributed by atoms with van der Waals surface area (Å²) < 4.78 is 21.4. The molecule has 0 aromatic heterocycles. The molecule has 2 aromatic rings. The Kier molecular flexibility index (Phi) is 5.24. The van der Waals surface area contributed by atoms with Gasteiger partial charge in [0.15, 0.2) is 11.5 Å². The number of hydrogen-bond acceptors (Lipinski definition) is 8. The van der Waals surface area contributed by atoms with Gasteiger partial charge in [-0.3, -0.25) is 19.3 Å². The molecule has 178 valence electrons. The van der Waals surface area contributed by atoms with Crippen LogP contribution in [0.4, 0.5) is 5.69 Å². The maximum atomic E-state index is 13.9. The number of nitrogens with one attached hydrogen (secondary N) is 1. The number of amides is 1. The number of anilines is 1. The minimum Gasteiger partial charge on any atom is -0.493 e. The molecule has 5 rings (SSSR count). The molecular formula is C25H26N2O7. The molecule has 0 aliphatic carbocycles. The Morgan fingerprint density at radius 1 is 1.00 bits per heavy atom. The number of rotatable bonds is 4. The van der Waals surface area contributed by atoms with E-state index in [2.05, 4.69) is 5.32 Å². The lowest BCUT2D eigenvalue weighted by molar-refractivity contribution is -0.158. The monoisotopic (exact) mass is 466 g/mol. The maximum absolute atomic E-state index is 13.9. The molecule has 3 aliphatic heterocycles. The normalized spacial score (nSPS) is 26.8. The maximum Gasteiger partial charge on any atom is 0.324 e. The highest BCUT2D eigenvalue weighted by atomic mass is 16.5. The van der Waals surface area contributed by atoms with E-state index in [1.807, 2.05) is 35.2 Å². The van der Waals surface area contributed by atoms with Crippen LogP contribution in [0.1, 0.15) is 22.7 Å². The average molecular weight is 466 g/mol. The quantitative estimate of drug-likeness (QED) is 0.681. The summed E-state index contributed by atoms with van der Waals surface area (Å²) in [5.41, 5.74) is 1.62. The van der Waals surface area contributed by atoms with Crippen molar-refractivity contribution in [3.05, 3.63) is 53.1 Å². The third kappa shape index (κ3) is 2.73. The van der Waals surface area contributed by atoms with Crippen LogP contribution >= 0.6 is 0 Å². The van der Waals surface area contributed by atoms with Gasteiger partial charge in [-0.1, -0.05) is 18.2 Å². The van der Waals surface area contributed by atoms with Crippen LogP contribution in [-0.4, -0.2) is 63.8 Å². The van der Waals surface area contributed by atoms with Crippen molar-refractivity contribution in [3.63, 3.8) is 0 Å². The van der Waals surface area contributed by atoms with Gasteiger partial charge >= 0.3 is 11.9 Å². The number of benzene rings is 2. The van der Waals surface area contributed by atoms with Crippen molar-refractivity contribution in [1.29, 1.82) is 0 Å². The van der Waals surface area contributed by atoms with Crippen LogP contribution in [0.5, 0.6) is 11.5 Å². The van der Waals surface area contributed by atoms with Gasteiger partial charge in [0, 0.05) is 12.2 Å². The predicted molar refractivity (Wildman–Crippen MR) is 121 cm³/mol. The first-order chi connectivity index (χ1) is 16.4. The van der Waals surface area contributed by atoms with Crippen molar-refractivity contribution in [2.75, 3.05) is 40.3 Å². The minimum atomic E-state index is -1.41. The van der Waals surface area contributed by atoms with Gasteiger partial charge in [0.25, 0.3) is 0 Å². The van der Waals surface area contributed by atoms with E-state index in [9.17, 15) is 14.4 Å². The van der Waals surface area contributed by atoms with Gasteiger partial charge in [0.05, 0.1) is 34.5 Å². The van der Waals surface area contributed by atoms with Crippen molar-refractivity contribution < 1.29 is 33.3 Å². The van der Waals surface area contributed by atoms with Crippen LogP contribution in [0, 0.1) is 5.92 Å². The number of fused-ring (bicyclic) bond motifs is 6. The highest BCUT2D eigenvalue weighted by molar-refractivity contribution is 6.11. The Morgan fingerprint density at radius 3 is 2.35 bits per heavy atom. The van der Waals surface area contributed by atoms with E-state index in [1.54, 1.807) is 20.3 Å². The molecule has 9 nitrogen and oxygen atoms in total. The molecule has 0 saturated carbocycles. The van der Waals surface area contributed by atoms with Gasteiger partial charge in [-0.2, -0.15) is 0 Å². The smallest absolute Gasteiger partial charge is 0.324 e. The molecule has 3 aliphatic rings. The van der Waals surface area contributed by atoms with E-state index in [0.717, 1.165) is 11.1 Å². The Bertz CT molecular complexity index is 1200. The fourth-order valence-corrected chi connectivity index (χ4v) is 6.10. The number of ether oxygens (including phenoxy) is 4. The molecular weight excluding hydrogens is 440 g/mol. The fourth-order valence-electron chi connectivity index (χ4n) is 6.10. The number of esters is 2. The summed E-state index contributed by atoms with van der Waals surface area (Å²) in [5, 5.41) is 2.95. The lowest BCUT2D eigenvalue weighted by Crippen LogP contribution is -2.49. The lowest BCUT2D eigenvalue weighted by Gasteiger charge is -2.40. The SMILES string of the molecule is COC(=O)[C@@H]1[C@@H](C(=O)OC)[C@]2(C(=O)Nc3ccccc32)C2c3cc(OC)c(OC)cc3CCN21. The molecule has 1 fully saturated rings. The number of nitrogens with zero attached hydrogens (tertiary/aromatic N) is 1. The molecule has 1 spiro atoms. The van der Waals surface area contributed by atoms with Crippen LogP contribution in [0.3, 0.4) is 0 Å². The van der Waals surface area contributed by atoms with E-state index in [1.165, 1.54) is 14.2 Å². The summed E-state index contributed by atoms with van der Waals surface area (Å²) in [6.45, 7) is 0.442. The van der Waals surface area contributed by atoms with E-state index in [-0.39, 0.29) is 5.91 Å². The van der Waals surface area contributed by atoms with Gasteiger partial charge in [0.2, 0.25) is 5.91 Å². The molecule has 9 heteroatoms. The number of carbonyl (C=O) groups excluding carboxylic acids is 3. The van der Waals surface area contributed by atoms with E-state index in [4.69, 9.17) is 18.9 Å². The topological polar surface area (TPSA) is 103 Å². The zero-order valence-electron chi connectivity index (χ0n) is 19.4. The van der Waals surface area contributed by atoms with Crippen LogP contribution in [0.15, 0.2) is 36.4 Å². The Hall–Kier alpha value is -3.59. The lowest BCUT2D eigenvalue weighted by atomic mass is 9.64. The molecule has 34 heavy (non-hydrogen) atoms. The van der Waals surface area contributed by atoms with Crippen LogP contribution in [0.25, 0.3) is 0 Å². The van der Waals surface area contributed by atoms with E-state index < -0.39 is 35.4 Å². The van der Waals surface area contributed by atoms with Gasteiger partial charge < -0.3 is 24.3 Å². The highest BCUT2D eigenvalue weighted by Crippen LogP contribution is 2.62. The molecule has 2 aromatic carbocycles. The number of carbonyl (C=O) groups is 3. The van der Waals surface area contributed by atoms with Crippen LogP contribution in [-0.2, 0) is 35.7 Å². The molecule has 1 saturated heterocycles. The molecule has 4 atom stereocenters. The molecule has 1 N–H and O–H groups in total. The average Bonchev–Trinajstić information content (AvgIpc) is 3.34. The standard InChI is InChI=1S/C25H26N2O7/c1-31-17-11-13-9-10-27-20(23(29)34-4)19(22(28)33-3)25(21(27)14(13)12-18(17)32-2)15-7-5-6-8-16(15)26-24(25)30/h5-8,11-12,19-21H,9-10H2,1-4H3,(H,26,30)/t19-,20-,21?,25-/m0/s1. The van der Waals surface area contributed by atoms with E-state index >= 15 is 0 Å². The van der Waals surface area contributed by atoms with Gasteiger partial charge in [0.1, 0.15) is 17.4 Å². The Labute approximate surface area is 196 Å². The molecule has 0 radical (unpaired) electrons. The van der Waals surface area contributed by atoms with Crippen molar-refractivity contribution in [3.8, 4) is 11.5 Å². The molecule has 1 unspecified atom stereocenters. The zero-order chi connectivity index (χ0) is 24.2. The van der Waals surface area contributed by atoms with Crippen molar-refractivity contribution in [2.45, 2.75) is 23.9 Å². The summed E-state index contributed by atoms with van der Waals surface area (Å²) in [6, 6.07) is 9.38. The molecule has 3 heterocycles. The van der Waals surface area contributed by atoms with Crippen LogP contribution < -0.4 is 14.8 Å². The third-order valence-electron chi connectivity index (χ3n) is 7.40. The van der Waals surface area contributed by atoms with Gasteiger partial charge in [-0.25, -0.2) is 0 Å². The second-order valence-corrected chi connectivity index (χ2v) is 8.63. The highest BCUT2D eigenvalue weighted by Gasteiger charge is 2.72. The second-order valence-electron chi connectivity index (χ2n) is 8.63. The van der Waals surface area contributed by atoms with Gasteiger partial charge in [-0.15, -0.1) is 0 Å². The summed E-state index contributed by atoms with van der Waals surface area (Å²) in [7, 11) is 5.66. The third-order valence-corrected chi connectivity index (χ3v) is 7.40. The number of methoxy groups -OCH3 is 4. The minimum absolute atomic E-state index is 0.354. The van der Waals surface area contributed by atoms with Crippen molar-refractivity contribution in [2.24, 2.45) is 5.92 Å². The van der Waals surface area contributed by atoms with Gasteiger partial charge in [-0.05, 0) is 41.3 Å². The fraction of sp³-hybridized carbons (Fsp3) is 0.400. The summed E-state index contributed by atoms with van der Waals surface area (Å²) in [4.78, 5) is 42.3.